The smallest absolute Gasteiger partial charge is 0.316 e. The lowest BCUT2D eigenvalue weighted by Gasteiger charge is -2.32. The summed E-state index contributed by atoms with van der Waals surface area (Å²) < 4.78 is 4.94. The Hall–Kier alpha value is -1.32. The molecule has 1 atom stereocenters. The van der Waals surface area contributed by atoms with E-state index in [9.17, 15) is 0 Å². The van der Waals surface area contributed by atoms with Gasteiger partial charge >= 0.3 is 6.01 Å². The van der Waals surface area contributed by atoms with Crippen molar-refractivity contribution >= 4 is 5.69 Å². The number of ether oxygens (including phenoxy) is 1. The molecular formula is C11H17N3O. The maximum atomic E-state index is 4.94. The molecule has 0 bridgehead atoms. The van der Waals surface area contributed by atoms with Crippen molar-refractivity contribution in [2.24, 2.45) is 5.92 Å². The molecule has 0 amide bonds. The van der Waals surface area contributed by atoms with Crippen molar-refractivity contribution in [1.29, 1.82) is 0 Å². The van der Waals surface area contributed by atoms with E-state index in [1.54, 1.807) is 7.11 Å². The van der Waals surface area contributed by atoms with E-state index in [1.165, 1.54) is 12.8 Å². The topological polar surface area (TPSA) is 38.2 Å². The predicted octanol–water partition coefficient (Wildman–Crippen LogP) is 1.72. The van der Waals surface area contributed by atoms with Crippen LogP contribution in [0, 0.1) is 5.92 Å². The summed E-state index contributed by atoms with van der Waals surface area (Å²) in [6.07, 6.45) is 6.26. The Morgan fingerprint density at radius 3 is 2.73 bits per heavy atom. The zero-order chi connectivity index (χ0) is 10.7. The first-order valence-electron chi connectivity index (χ1n) is 5.40. The maximum absolute atomic E-state index is 4.94. The zero-order valence-corrected chi connectivity index (χ0v) is 9.31. The van der Waals surface area contributed by atoms with Gasteiger partial charge in [-0.25, -0.2) is 9.97 Å². The number of nitrogens with zero attached hydrogens (tertiary/aromatic N) is 3. The van der Waals surface area contributed by atoms with Gasteiger partial charge in [0.1, 0.15) is 0 Å². The lowest BCUT2D eigenvalue weighted by atomic mass is 10.0. The molecule has 0 N–H and O–H groups in total. The normalized spacial score (nSPS) is 21.5. The highest BCUT2D eigenvalue weighted by atomic mass is 16.5. The fourth-order valence-electron chi connectivity index (χ4n) is 2.00. The van der Waals surface area contributed by atoms with E-state index < -0.39 is 0 Å². The molecule has 1 aliphatic rings. The van der Waals surface area contributed by atoms with Crippen molar-refractivity contribution in [3.05, 3.63) is 12.4 Å². The van der Waals surface area contributed by atoms with Crippen molar-refractivity contribution in [2.45, 2.75) is 19.8 Å². The van der Waals surface area contributed by atoms with Gasteiger partial charge in [-0.3, -0.25) is 0 Å². The summed E-state index contributed by atoms with van der Waals surface area (Å²) in [6.45, 7) is 4.51. The fraction of sp³-hybridized carbons (Fsp3) is 0.636. The van der Waals surface area contributed by atoms with Gasteiger partial charge in [0.15, 0.2) is 0 Å². The van der Waals surface area contributed by atoms with Crippen LogP contribution in [-0.2, 0) is 0 Å². The van der Waals surface area contributed by atoms with Crippen LogP contribution in [0.3, 0.4) is 0 Å². The third-order valence-corrected chi connectivity index (χ3v) is 2.82. The van der Waals surface area contributed by atoms with Gasteiger partial charge in [0, 0.05) is 13.1 Å². The van der Waals surface area contributed by atoms with Crippen LogP contribution in [0.5, 0.6) is 6.01 Å². The molecule has 1 aromatic rings. The summed E-state index contributed by atoms with van der Waals surface area (Å²) in [5.41, 5.74) is 1.10. The van der Waals surface area contributed by atoms with Crippen LogP contribution >= 0.6 is 0 Å². The molecule has 0 aromatic carbocycles. The third-order valence-electron chi connectivity index (χ3n) is 2.82. The summed E-state index contributed by atoms with van der Waals surface area (Å²) in [5, 5.41) is 0. The number of hydrogen-bond donors (Lipinski definition) is 0. The molecule has 82 valence electrons. The van der Waals surface area contributed by atoms with Gasteiger partial charge < -0.3 is 9.64 Å². The molecule has 4 heteroatoms. The molecule has 1 saturated heterocycles. The second-order valence-electron chi connectivity index (χ2n) is 4.12. The Kier molecular flexibility index (Phi) is 3.04. The lowest BCUT2D eigenvalue weighted by Crippen LogP contribution is -2.34. The Labute approximate surface area is 90.3 Å². The minimum absolute atomic E-state index is 0.434. The number of hydrogen-bond acceptors (Lipinski definition) is 4. The first kappa shape index (κ1) is 10.2. The summed E-state index contributed by atoms with van der Waals surface area (Å²) in [6, 6.07) is 0.434. The van der Waals surface area contributed by atoms with Gasteiger partial charge in [-0.15, -0.1) is 0 Å². The summed E-state index contributed by atoms with van der Waals surface area (Å²) >= 11 is 0. The molecule has 1 aromatic heterocycles. The van der Waals surface area contributed by atoms with Crippen LogP contribution in [0.2, 0.25) is 0 Å². The molecule has 0 saturated carbocycles. The Bertz CT molecular complexity index is 312. The number of rotatable bonds is 2. The summed E-state index contributed by atoms with van der Waals surface area (Å²) in [4.78, 5) is 10.6. The Morgan fingerprint density at radius 2 is 2.13 bits per heavy atom. The van der Waals surface area contributed by atoms with E-state index in [-0.39, 0.29) is 0 Å². The molecule has 2 heterocycles. The van der Waals surface area contributed by atoms with E-state index >= 15 is 0 Å². The van der Waals surface area contributed by atoms with Crippen LogP contribution in [0.1, 0.15) is 19.8 Å². The van der Waals surface area contributed by atoms with E-state index in [1.807, 2.05) is 12.4 Å². The van der Waals surface area contributed by atoms with Gasteiger partial charge in [-0.2, -0.15) is 0 Å². The number of anilines is 1. The monoisotopic (exact) mass is 207 g/mol. The van der Waals surface area contributed by atoms with E-state index in [0.29, 0.717) is 6.01 Å². The summed E-state index contributed by atoms with van der Waals surface area (Å²) in [7, 11) is 1.58. The van der Waals surface area contributed by atoms with Crippen LogP contribution in [0.4, 0.5) is 5.69 Å². The lowest BCUT2D eigenvalue weighted by molar-refractivity contribution is 0.379. The SMILES string of the molecule is COc1ncc(N2CCCC(C)C2)cn1. The van der Waals surface area contributed by atoms with Crippen LogP contribution in [0.15, 0.2) is 12.4 Å². The second-order valence-corrected chi connectivity index (χ2v) is 4.12. The number of methoxy groups -OCH3 is 1. The van der Waals surface area contributed by atoms with Gasteiger partial charge in [0.25, 0.3) is 0 Å². The molecular weight excluding hydrogens is 190 g/mol. The molecule has 2 rings (SSSR count). The average molecular weight is 207 g/mol. The largest absolute Gasteiger partial charge is 0.467 e. The first-order valence-corrected chi connectivity index (χ1v) is 5.40. The van der Waals surface area contributed by atoms with Crippen molar-refractivity contribution in [3.8, 4) is 6.01 Å². The molecule has 4 nitrogen and oxygen atoms in total. The Balaban J connectivity index is 2.07. The van der Waals surface area contributed by atoms with Crippen LogP contribution < -0.4 is 9.64 Å². The molecule has 15 heavy (non-hydrogen) atoms. The summed E-state index contributed by atoms with van der Waals surface area (Å²) in [5.74, 6) is 0.765. The first-order chi connectivity index (χ1) is 7.29. The zero-order valence-electron chi connectivity index (χ0n) is 9.31. The highest BCUT2D eigenvalue weighted by Gasteiger charge is 2.16. The minimum atomic E-state index is 0.434. The molecule has 1 unspecified atom stereocenters. The predicted molar refractivity (Wildman–Crippen MR) is 59.2 cm³/mol. The quantitative estimate of drug-likeness (QED) is 0.740. The van der Waals surface area contributed by atoms with Gasteiger partial charge in [0.05, 0.1) is 25.2 Å². The maximum Gasteiger partial charge on any atom is 0.316 e. The van der Waals surface area contributed by atoms with E-state index in [4.69, 9.17) is 4.74 Å². The highest BCUT2D eigenvalue weighted by Crippen LogP contribution is 2.21. The third kappa shape index (κ3) is 2.37. The minimum Gasteiger partial charge on any atom is -0.467 e. The Morgan fingerprint density at radius 1 is 1.40 bits per heavy atom. The van der Waals surface area contributed by atoms with Crippen molar-refractivity contribution < 1.29 is 4.74 Å². The van der Waals surface area contributed by atoms with Crippen LogP contribution in [-0.4, -0.2) is 30.2 Å². The van der Waals surface area contributed by atoms with E-state index in [0.717, 1.165) is 24.7 Å². The van der Waals surface area contributed by atoms with Gasteiger partial charge in [-0.1, -0.05) is 6.92 Å². The number of aromatic nitrogens is 2. The van der Waals surface area contributed by atoms with Gasteiger partial charge in [0.2, 0.25) is 0 Å². The molecule has 0 aliphatic carbocycles. The molecule has 1 aliphatic heterocycles. The standard InChI is InChI=1S/C11H17N3O/c1-9-4-3-5-14(8-9)10-6-12-11(15-2)13-7-10/h6-7,9H,3-5,8H2,1-2H3. The van der Waals surface area contributed by atoms with Crippen molar-refractivity contribution in [3.63, 3.8) is 0 Å². The number of piperidine rings is 1. The average Bonchev–Trinajstić information content (AvgIpc) is 2.29. The van der Waals surface area contributed by atoms with Crippen molar-refractivity contribution in [1.82, 2.24) is 9.97 Å². The second kappa shape index (κ2) is 4.47. The van der Waals surface area contributed by atoms with Gasteiger partial charge in [-0.05, 0) is 18.8 Å². The van der Waals surface area contributed by atoms with Crippen molar-refractivity contribution in [2.75, 3.05) is 25.1 Å². The molecule has 0 spiro atoms. The van der Waals surface area contributed by atoms with E-state index in [2.05, 4.69) is 21.8 Å². The molecule has 0 radical (unpaired) electrons. The van der Waals surface area contributed by atoms with Crippen LogP contribution in [0.25, 0.3) is 0 Å². The highest BCUT2D eigenvalue weighted by molar-refractivity contribution is 5.42. The molecule has 1 fully saturated rings. The fourth-order valence-corrected chi connectivity index (χ4v) is 2.00.